The number of hydrogen-bond acceptors (Lipinski definition) is 5. The topological polar surface area (TPSA) is 90.4 Å². The van der Waals surface area contributed by atoms with Gasteiger partial charge in [-0.15, -0.1) is 0 Å². The number of benzene rings is 1. The Hall–Kier alpha value is -2.61. The molecule has 152 valence electrons. The zero-order valence-corrected chi connectivity index (χ0v) is 16.3. The first-order chi connectivity index (χ1) is 13.4. The van der Waals surface area contributed by atoms with E-state index >= 15 is 0 Å². The first kappa shape index (κ1) is 20.1. The summed E-state index contributed by atoms with van der Waals surface area (Å²) in [4.78, 5) is 43.2. The van der Waals surface area contributed by atoms with E-state index in [2.05, 4.69) is 4.90 Å². The van der Waals surface area contributed by atoms with E-state index in [1.165, 1.54) is 12.0 Å². The summed E-state index contributed by atoms with van der Waals surface area (Å²) in [5.41, 5.74) is 0.377. The highest BCUT2D eigenvalue weighted by molar-refractivity contribution is 5.97. The van der Waals surface area contributed by atoms with Crippen molar-refractivity contribution in [2.45, 2.75) is 6.42 Å². The SMILES string of the molecule is COc1ccccc1C(=O)N1C[C@@H](C(=O)O)C[C@@H](C(=O)N2CCN(C)CC2)C1. The fourth-order valence-electron chi connectivity index (χ4n) is 3.90. The Morgan fingerprint density at radius 3 is 2.29 bits per heavy atom. The van der Waals surface area contributed by atoms with Crippen molar-refractivity contribution in [3.05, 3.63) is 29.8 Å². The molecule has 1 aromatic carbocycles. The van der Waals surface area contributed by atoms with Gasteiger partial charge in [0.2, 0.25) is 5.91 Å². The fourth-order valence-corrected chi connectivity index (χ4v) is 3.90. The molecule has 0 unspecified atom stereocenters. The van der Waals surface area contributed by atoms with Gasteiger partial charge < -0.3 is 24.5 Å². The van der Waals surface area contributed by atoms with Crippen molar-refractivity contribution < 1.29 is 24.2 Å². The smallest absolute Gasteiger partial charge is 0.308 e. The Kier molecular flexibility index (Phi) is 6.18. The molecule has 0 radical (unpaired) electrons. The van der Waals surface area contributed by atoms with Crippen LogP contribution >= 0.6 is 0 Å². The van der Waals surface area contributed by atoms with Crippen LogP contribution in [0.1, 0.15) is 16.8 Å². The molecule has 0 saturated carbocycles. The van der Waals surface area contributed by atoms with Gasteiger partial charge in [0.1, 0.15) is 5.75 Å². The Bertz CT molecular complexity index is 745. The predicted octanol–water partition coefficient (Wildman–Crippen LogP) is 0.632. The maximum absolute atomic E-state index is 13.1. The van der Waals surface area contributed by atoms with E-state index in [0.29, 0.717) is 24.4 Å². The number of likely N-dealkylation sites (N-methyl/N-ethyl adjacent to an activating group) is 1. The van der Waals surface area contributed by atoms with Gasteiger partial charge in [0.15, 0.2) is 0 Å². The van der Waals surface area contributed by atoms with Crippen molar-refractivity contribution in [3.63, 3.8) is 0 Å². The molecule has 2 aliphatic rings. The average Bonchev–Trinajstić information content (AvgIpc) is 2.72. The molecule has 2 aliphatic heterocycles. The van der Waals surface area contributed by atoms with Crippen LogP contribution in [0.2, 0.25) is 0 Å². The molecule has 0 aromatic heterocycles. The third kappa shape index (κ3) is 4.27. The molecule has 0 bridgehead atoms. The Labute approximate surface area is 164 Å². The standard InChI is InChI=1S/C20H27N3O5/c1-21-7-9-22(10-8-21)18(24)14-11-15(20(26)27)13-23(12-14)19(25)16-5-3-4-6-17(16)28-2/h3-6,14-15H,7-13H2,1-2H3,(H,26,27)/t14-,15+/m1/s1. The number of piperazine rings is 1. The number of ether oxygens (including phenoxy) is 1. The molecule has 1 N–H and O–H groups in total. The summed E-state index contributed by atoms with van der Waals surface area (Å²) in [5, 5.41) is 9.56. The number of likely N-dealkylation sites (tertiary alicyclic amines) is 1. The van der Waals surface area contributed by atoms with E-state index in [4.69, 9.17) is 4.74 Å². The molecule has 0 aliphatic carbocycles. The van der Waals surface area contributed by atoms with E-state index in [-0.39, 0.29) is 31.3 Å². The summed E-state index contributed by atoms with van der Waals surface area (Å²) in [7, 11) is 3.50. The van der Waals surface area contributed by atoms with Crippen molar-refractivity contribution in [3.8, 4) is 5.75 Å². The van der Waals surface area contributed by atoms with Crippen molar-refractivity contribution in [2.24, 2.45) is 11.8 Å². The highest BCUT2D eigenvalue weighted by Crippen LogP contribution is 2.28. The molecule has 0 spiro atoms. The molecule has 2 amide bonds. The van der Waals surface area contributed by atoms with E-state index < -0.39 is 17.8 Å². The fraction of sp³-hybridized carbons (Fsp3) is 0.550. The highest BCUT2D eigenvalue weighted by atomic mass is 16.5. The van der Waals surface area contributed by atoms with E-state index in [0.717, 1.165) is 13.1 Å². The third-order valence-electron chi connectivity index (χ3n) is 5.59. The predicted molar refractivity (Wildman–Crippen MR) is 102 cm³/mol. The number of rotatable bonds is 4. The van der Waals surface area contributed by atoms with Crippen molar-refractivity contribution in [2.75, 3.05) is 53.4 Å². The Balaban J connectivity index is 1.79. The number of para-hydroxylation sites is 1. The maximum atomic E-state index is 13.1. The second kappa shape index (κ2) is 8.60. The summed E-state index contributed by atoms with van der Waals surface area (Å²) in [6.07, 6.45) is 0.260. The molecule has 2 atom stereocenters. The van der Waals surface area contributed by atoms with Crippen LogP contribution in [0.3, 0.4) is 0 Å². The molecule has 2 saturated heterocycles. The zero-order valence-electron chi connectivity index (χ0n) is 16.3. The lowest BCUT2D eigenvalue weighted by molar-refractivity contribution is -0.147. The monoisotopic (exact) mass is 389 g/mol. The molecule has 2 fully saturated rings. The molecular formula is C20H27N3O5. The highest BCUT2D eigenvalue weighted by Gasteiger charge is 2.39. The zero-order chi connectivity index (χ0) is 20.3. The Morgan fingerprint density at radius 1 is 1.00 bits per heavy atom. The van der Waals surface area contributed by atoms with Crippen molar-refractivity contribution in [1.29, 1.82) is 0 Å². The minimum Gasteiger partial charge on any atom is -0.496 e. The molecule has 8 nitrogen and oxygen atoms in total. The van der Waals surface area contributed by atoms with E-state index in [1.54, 1.807) is 29.2 Å². The summed E-state index contributed by atoms with van der Waals surface area (Å²) in [5.74, 6) is -2.16. The van der Waals surface area contributed by atoms with Crippen molar-refractivity contribution >= 4 is 17.8 Å². The average molecular weight is 389 g/mol. The van der Waals surface area contributed by atoms with Crippen LogP contribution in [0, 0.1) is 11.8 Å². The van der Waals surface area contributed by atoms with Crippen LogP contribution in [0.5, 0.6) is 5.75 Å². The van der Waals surface area contributed by atoms with Gasteiger partial charge in [0.05, 0.1) is 24.5 Å². The van der Waals surface area contributed by atoms with Crippen molar-refractivity contribution in [1.82, 2.24) is 14.7 Å². The first-order valence-electron chi connectivity index (χ1n) is 9.53. The summed E-state index contributed by atoms with van der Waals surface area (Å²) < 4.78 is 5.27. The van der Waals surface area contributed by atoms with Crippen LogP contribution < -0.4 is 4.74 Å². The van der Waals surface area contributed by atoms with Crippen LogP contribution in [0.25, 0.3) is 0 Å². The number of aliphatic carboxylic acids is 1. The van der Waals surface area contributed by atoms with E-state index in [9.17, 15) is 19.5 Å². The maximum Gasteiger partial charge on any atom is 0.308 e. The number of carboxylic acids is 1. The summed E-state index contributed by atoms with van der Waals surface area (Å²) >= 11 is 0. The molecule has 1 aromatic rings. The van der Waals surface area contributed by atoms with Gasteiger partial charge in [-0.05, 0) is 25.6 Å². The number of carbonyl (C=O) groups is 3. The second-order valence-corrected chi connectivity index (χ2v) is 7.51. The molecular weight excluding hydrogens is 362 g/mol. The van der Waals surface area contributed by atoms with Gasteiger partial charge in [0, 0.05) is 39.3 Å². The number of nitrogens with zero attached hydrogens (tertiary/aromatic N) is 3. The van der Waals surface area contributed by atoms with Crippen LogP contribution in [0.15, 0.2) is 24.3 Å². The number of piperidine rings is 1. The lowest BCUT2D eigenvalue weighted by Gasteiger charge is -2.39. The number of carbonyl (C=O) groups excluding carboxylic acids is 2. The number of methoxy groups -OCH3 is 1. The largest absolute Gasteiger partial charge is 0.496 e. The summed E-state index contributed by atoms with van der Waals surface area (Å²) in [6, 6.07) is 6.86. The minimum atomic E-state index is -0.978. The molecule has 28 heavy (non-hydrogen) atoms. The number of amides is 2. The van der Waals surface area contributed by atoms with Gasteiger partial charge in [0.25, 0.3) is 5.91 Å². The van der Waals surface area contributed by atoms with Crippen LogP contribution in [-0.4, -0.2) is 91.0 Å². The third-order valence-corrected chi connectivity index (χ3v) is 5.59. The lowest BCUT2D eigenvalue weighted by Crippen LogP contribution is -2.54. The van der Waals surface area contributed by atoms with Crippen LogP contribution in [-0.2, 0) is 9.59 Å². The van der Waals surface area contributed by atoms with Gasteiger partial charge in [-0.3, -0.25) is 14.4 Å². The molecule has 2 heterocycles. The normalized spacial score (nSPS) is 23.4. The summed E-state index contributed by atoms with van der Waals surface area (Å²) in [6.45, 7) is 3.17. The lowest BCUT2D eigenvalue weighted by atomic mass is 9.87. The first-order valence-corrected chi connectivity index (χ1v) is 9.53. The van der Waals surface area contributed by atoms with Gasteiger partial charge in [-0.1, -0.05) is 12.1 Å². The molecule has 8 heteroatoms. The van der Waals surface area contributed by atoms with E-state index in [1.807, 2.05) is 7.05 Å². The minimum absolute atomic E-state index is 0.0584. The number of hydrogen-bond donors (Lipinski definition) is 1. The van der Waals surface area contributed by atoms with Gasteiger partial charge >= 0.3 is 5.97 Å². The van der Waals surface area contributed by atoms with Gasteiger partial charge in [-0.2, -0.15) is 0 Å². The molecule has 3 rings (SSSR count). The number of carboxylic acid groups (broad SMARTS) is 1. The quantitative estimate of drug-likeness (QED) is 0.813. The van der Waals surface area contributed by atoms with Crippen LogP contribution in [0.4, 0.5) is 0 Å². The Morgan fingerprint density at radius 2 is 1.64 bits per heavy atom. The second-order valence-electron chi connectivity index (χ2n) is 7.51. The van der Waals surface area contributed by atoms with Gasteiger partial charge in [-0.25, -0.2) is 0 Å².